The van der Waals surface area contributed by atoms with Crippen LogP contribution in [0.5, 0.6) is 0 Å². The predicted molar refractivity (Wildman–Crippen MR) is 149 cm³/mol. The molecule has 0 bridgehead atoms. The topological polar surface area (TPSA) is 161 Å². The van der Waals surface area contributed by atoms with Crippen molar-refractivity contribution < 1.29 is 22.8 Å². The normalized spacial score (nSPS) is 17.6. The lowest BCUT2D eigenvalue weighted by atomic mass is 9.98. The predicted octanol–water partition coefficient (Wildman–Crippen LogP) is 2.46. The Morgan fingerprint density at radius 1 is 1.23 bits per heavy atom. The van der Waals surface area contributed by atoms with E-state index in [-0.39, 0.29) is 18.1 Å². The molecule has 1 aliphatic rings. The molecule has 0 saturated carbocycles. The number of benzene rings is 1. The molecule has 0 unspecified atom stereocenters. The van der Waals surface area contributed by atoms with E-state index in [9.17, 15) is 23.4 Å². The molecule has 0 radical (unpaired) electrons. The number of hydrogen-bond donors (Lipinski definition) is 3. The lowest BCUT2D eigenvalue weighted by Gasteiger charge is -2.21. The van der Waals surface area contributed by atoms with Crippen LogP contribution >= 0.6 is 0 Å². The molecule has 4 aromatic rings. The van der Waals surface area contributed by atoms with Crippen LogP contribution in [0.1, 0.15) is 42.7 Å². The third-order valence-corrected chi connectivity index (χ3v) is 7.55. The third kappa shape index (κ3) is 5.28. The maximum atomic E-state index is 13.3. The SMILES string of the molecule is C=CCn1c(=O)c2cnc(Nc3ccc([C@@H](O)COS(C)(=O)=O)cc3)nc2n1-c1ccc2c(n1)[C@@](O)(CC)CC2. The molecule has 1 aliphatic carbocycles. The van der Waals surface area contributed by atoms with Crippen LogP contribution in [-0.4, -0.2) is 55.8 Å². The molecular formula is C27H30N6O6S. The molecule has 210 valence electrons. The van der Waals surface area contributed by atoms with Crippen LogP contribution in [0.15, 0.2) is 60.0 Å². The highest BCUT2D eigenvalue weighted by molar-refractivity contribution is 7.85. The maximum absolute atomic E-state index is 13.3. The first-order valence-electron chi connectivity index (χ1n) is 12.7. The first kappa shape index (κ1) is 27.6. The van der Waals surface area contributed by atoms with Gasteiger partial charge in [-0.2, -0.15) is 13.4 Å². The second kappa shape index (κ2) is 10.6. The third-order valence-electron chi connectivity index (χ3n) is 6.98. The molecule has 13 heteroatoms. The van der Waals surface area contributed by atoms with Crippen molar-refractivity contribution in [3.8, 4) is 5.82 Å². The maximum Gasteiger partial charge on any atom is 0.278 e. The highest BCUT2D eigenvalue weighted by atomic mass is 32.2. The summed E-state index contributed by atoms with van der Waals surface area (Å²) < 4.78 is 30.1. The van der Waals surface area contributed by atoms with Crippen LogP contribution in [0.2, 0.25) is 0 Å². The fraction of sp³-hybridized carbons (Fsp3) is 0.333. The Kier molecular flexibility index (Phi) is 7.31. The molecule has 2 atom stereocenters. The van der Waals surface area contributed by atoms with Gasteiger partial charge in [-0.3, -0.25) is 8.98 Å². The van der Waals surface area contributed by atoms with Crippen molar-refractivity contribution in [2.75, 3.05) is 18.2 Å². The Morgan fingerprint density at radius 3 is 2.65 bits per heavy atom. The molecule has 0 fully saturated rings. The van der Waals surface area contributed by atoms with Crippen molar-refractivity contribution in [1.29, 1.82) is 0 Å². The van der Waals surface area contributed by atoms with Gasteiger partial charge in [0.15, 0.2) is 11.5 Å². The average Bonchev–Trinajstić information content (AvgIpc) is 3.41. The Bertz CT molecular complexity index is 1750. The summed E-state index contributed by atoms with van der Waals surface area (Å²) in [5.74, 6) is 0.665. The van der Waals surface area contributed by atoms with Gasteiger partial charge >= 0.3 is 0 Å². The van der Waals surface area contributed by atoms with E-state index in [1.807, 2.05) is 19.1 Å². The summed E-state index contributed by atoms with van der Waals surface area (Å²) in [6.45, 7) is 5.51. The number of rotatable bonds is 10. The molecule has 3 aromatic heterocycles. The summed E-state index contributed by atoms with van der Waals surface area (Å²) in [5, 5.41) is 24.7. The summed E-state index contributed by atoms with van der Waals surface area (Å²) in [7, 11) is -3.67. The van der Waals surface area contributed by atoms with Crippen LogP contribution in [0.3, 0.4) is 0 Å². The van der Waals surface area contributed by atoms with Gasteiger partial charge in [0, 0.05) is 11.9 Å². The summed E-state index contributed by atoms with van der Waals surface area (Å²) in [5.41, 5.74) is 1.68. The molecule has 0 spiro atoms. The number of hydrogen-bond acceptors (Lipinski definition) is 10. The van der Waals surface area contributed by atoms with E-state index in [1.165, 1.54) is 10.9 Å². The number of aryl methyl sites for hydroxylation is 1. The standard InChI is InChI=1S/C27H30N6O6S/c1-4-14-32-25(35)20-15-28-26(29-19-9-6-17(7-10-19)21(34)16-39-40(3,37)38)31-24(20)33(32)22-11-8-18-12-13-27(36,5-2)23(18)30-22/h4,6-11,15,21,34,36H,1,5,12-14,16H2,2-3H3,(H,28,29,31)/t21-,27+/m0/s1. The number of aromatic nitrogens is 5. The molecule has 0 amide bonds. The van der Waals surface area contributed by atoms with E-state index in [4.69, 9.17) is 4.98 Å². The van der Waals surface area contributed by atoms with Crippen LogP contribution in [0.4, 0.5) is 11.6 Å². The van der Waals surface area contributed by atoms with Crippen LogP contribution in [0, 0.1) is 0 Å². The molecule has 3 heterocycles. The Hall–Kier alpha value is -3.91. The molecule has 0 saturated heterocycles. The summed E-state index contributed by atoms with van der Waals surface area (Å²) in [6.07, 6.45) is 4.70. The molecule has 0 aliphatic heterocycles. The monoisotopic (exact) mass is 566 g/mol. The van der Waals surface area contributed by atoms with Crippen molar-refractivity contribution in [1.82, 2.24) is 24.3 Å². The van der Waals surface area contributed by atoms with Crippen molar-refractivity contribution in [2.45, 2.75) is 44.4 Å². The molecule has 40 heavy (non-hydrogen) atoms. The highest BCUT2D eigenvalue weighted by Crippen LogP contribution is 2.38. The summed E-state index contributed by atoms with van der Waals surface area (Å²) in [6, 6.07) is 10.3. The van der Waals surface area contributed by atoms with Gasteiger partial charge in [0.05, 0.1) is 25.1 Å². The van der Waals surface area contributed by atoms with Crippen molar-refractivity contribution in [3.63, 3.8) is 0 Å². The number of anilines is 2. The highest BCUT2D eigenvalue weighted by Gasteiger charge is 2.37. The van der Waals surface area contributed by atoms with Crippen molar-refractivity contribution in [3.05, 3.63) is 82.4 Å². The largest absolute Gasteiger partial charge is 0.386 e. The number of nitrogens with zero attached hydrogens (tertiary/aromatic N) is 5. The van der Waals surface area contributed by atoms with Crippen LogP contribution in [0.25, 0.3) is 16.9 Å². The summed E-state index contributed by atoms with van der Waals surface area (Å²) in [4.78, 5) is 27.0. The van der Waals surface area contributed by atoms with Crippen LogP contribution < -0.4 is 10.9 Å². The molecule has 3 N–H and O–H groups in total. The van der Waals surface area contributed by atoms with E-state index < -0.39 is 28.4 Å². The Balaban J connectivity index is 1.50. The van der Waals surface area contributed by atoms with E-state index in [0.29, 0.717) is 46.6 Å². The van der Waals surface area contributed by atoms with Gasteiger partial charge < -0.3 is 15.5 Å². The van der Waals surface area contributed by atoms with E-state index in [0.717, 1.165) is 18.2 Å². The Morgan fingerprint density at radius 2 is 1.98 bits per heavy atom. The van der Waals surface area contributed by atoms with Gasteiger partial charge in [0.25, 0.3) is 15.7 Å². The fourth-order valence-electron chi connectivity index (χ4n) is 4.81. The number of fused-ring (bicyclic) bond motifs is 2. The van der Waals surface area contributed by atoms with Gasteiger partial charge in [0.1, 0.15) is 17.1 Å². The van der Waals surface area contributed by atoms with Gasteiger partial charge in [-0.1, -0.05) is 31.2 Å². The van der Waals surface area contributed by atoms with Gasteiger partial charge in [-0.05, 0) is 48.6 Å². The minimum absolute atomic E-state index is 0.210. The van der Waals surface area contributed by atoms with E-state index in [2.05, 4.69) is 26.0 Å². The van der Waals surface area contributed by atoms with Crippen LogP contribution in [-0.2, 0) is 32.9 Å². The Labute approximate surface area is 230 Å². The molecule has 5 rings (SSSR count). The number of aliphatic hydroxyl groups is 2. The molecule has 12 nitrogen and oxygen atoms in total. The zero-order chi connectivity index (χ0) is 28.7. The van der Waals surface area contributed by atoms with Gasteiger partial charge in [-0.15, -0.1) is 6.58 Å². The lowest BCUT2D eigenvalue weighted by Crippen LogP contribution is -2.25. The number of nitrogens with one attached hydrogen (secondary N) is 1. The van der Waals surface area contributed by atoms with Gasteiger partial charge in [-0.25, -0.2) is 19.3 Å². The average molecular weight is 567 g/mol. The number of allylic oxidation sites excluding steroid dienone is 1. The smallest absolute Gasteiger partial charge is 0.278 e. The van der Waals surface area contributed by atoms with Crippen molar-refractivity contribution in [2.24, 2.45) is 0 Å². The quantitative estimate of drug-likeness (QED) is 0.192. The zero-order valence-corrected chi connectivity index (χ0v) is 22.9. The molecular weight excluding hydrogens is 536 g/mol. The first-order chi connectivity index (χ1) is 19.0. The van der Waals surface area contributed by atoms with E-state index >= 15 is 0 Å². The zero-order valence-electron chi connectivity index (χ0n) is 22.1. The first-order valence-corrected chi connectivity index (χ1v) is 14.6. The van der Waals surface area contributed by atoms with Crippen molar-refractivity contribution >= 4 is 32.8 Å². The molecule has 1 aromatic carbocycles. The van der Waals surface area contributed by atoms with Gasteiger partial charge in [0.2, 0.25) is 5.95 Å². The second-order valence-corrected chi connectivity index (χ2v) is 11.4. The summed E-state index contributed by atoms with van der Waals surface area (Å²) >= 11 is 0. The van der Waals surface area contributed by atoms with E-state index in [1.54, 1.807) is 35.0 Å². The minimum atomic E-state index is -3.67. The lowest BCUT2D eigenvalue weighted by molar-refractivity contribution is 0.0306. The fourth-order valence-corrected chi connectivity index (χ4v) is 5.19. The minimum Gasteiger partial charge on any atom is -0.386 e. The number of aliphatic hydroxyl groups excluding tert-OH is 1. The number of pyridine rings is 1. The second-order valence-electron chi connectivity index (χ2n) is 9.73.